The summed E-state index contributed by atoms with van der Waals surface area (Å²) in [5.74, 6) is 1.09. The summed E-state index contributed by atoms with van der Waals surface area (Å²) in [6.07, 6.45) is 2.58. The molecule has 5 rings (SSSR count). The lowest BCUT2D eigenvalue weighted by Gasteiger charge is -2.18. The zero-order chi connectivity index (χ0) is 22.3. The number of hydrogen-bond donors (Lipinski definition) is 1. The molecule has 0 bridgehead atoms. The second-order valence-electron chi connectivity index (χ2n) is 8.50. The number of fused-ring (bicyclic) bond motifs is 2. The van der Waals surface area contributed by atoms with Gasteiger partial charge in [0.05, 0.1) is 0 Å². The molecule has 4 aromatic rings. The maximum absolute atomic E-state index is 12.7. The van der Waals surface area contributed by atoms with Gasteiger partial charge in [-0.05, 0) is 50.6 Å². The molecule has 0 atom stereocenters. The van der Waals surface area contributed by atoms with Gasteiger partial charge in [0, 0.05) is 29.4 Å². The highest BCUT2D eigenvalue weighted by atomic mass is 32.1. The summed E-state index contributed by atoms with van der Waals surface area (Å²) < 4.78 is 11.8. The van der Waals surface area contributed by atoms with Gasteiger partial charge in [0.15, 0.2) is 18.1 Å². The van der Waals surface area contributed by atoms with Crippen LogP contribution in [0.3, 0.4) is 0 Å². The second-order valence-corrected chi connectivity index (χ2v) is 9.47. The molecule has 0 aliphatic carbocycles. The molecular weight excluding hydrogens is 422 g/mol. The maximum atomic E-state index is 12.7. The van der Waals surface area contributed by atoms with Crippen molar-refractivity contribution in [2.45, 2.75) is 32.8 Å². The van der Waals surface area contributed by atoms with Crippen molar-refractivity contribution in [3.63, 3.8) is 0 Å². The van der Waals surface area contributed by atoms with Gasteiger partial charge < -0.3 is 14.8 Å². The molecule has 1 N–H and O–H groups in total. The molecule has 32 heavy (non-hydrogen) atoms. The van der Waals surface area contributed by atoms with Crippen LogP contribution in [0.15, 0.2) is 54.7 Å². The summed E-state index contributed by atoms with van der Waals surface area (Å²) in [5.41, 5.74) is 4.34. The number of carbonyl (C=O) groups excluding carboxylic acids is 1. The lowest BCUT2D eigenvalue weighted by Crippen LogP contribution is -2.25. The average Bonchev–Trinajstić information content (AvgIpc) is 3.33. The number of thiazole rings is 1. The molecular formula is C25H23N3O3S. The third-order valence-corrected chi connectivity index (χ3v) is 6.37. The van der Waals surface area contributed by atoms with E-state index in [0.29, 0.717) is 5.75 Å². The van der Waals surface area contributed by atoms with Crippen LogP contribution in [0.4, 0.5) is 5.69 Å². The van der Waals surface area contributed by atoms with Crippen LogP contribution in [0.1, 0.15) is 25.0 Å². The van der Waals surface area contributed by atoms with Crippen molar-refractivity contribution in [1.82, 2.24) is 9.97 Å². The van der Waals surface area contributed by atoms with Gasteiger partial charge >= 0.3 is 0 Å². The standard InChI is InChI=1S/C25H23N3O3S/c1-15-9-10-16(23-28-18-7-5-11-26-24(18)32-23)12-19(15)27-21(29)14-30-20-8-4-6-17-13-25(2,3)31-22(17)20/h4-12H,13-14H2,1-3H3,(H,27,29). The van der Waals surface area contributed by atoms with E-state index < -0.39 is 0 Å². The molecule has 0 radical (unpaired) electrons. The molecule has 3 heterocycles. The van der Waals surface area contributed by atoms with E-state index in [9.17, 15) is 4.79 Å². The van der Waals surface area contributed by atoms with Gasteiger partial charge in [-0.3, -0.25) is 4.79 Å². The van der Waals surface area contributed by atoms with Crippen molar-refractivity contribution in [1.29, 1.82) is 0 Å². The minimum atomic E-state index is -0.266. The Balaban J connectivity index is 1.30. The fourth-order valence-corrected chi connectivity index (χ4v) is 4.72. The minimum Gasteiger partial charge on any atom is -0.483 e. The highest BCUT2D eigenvalue weighted by Gasteiger charge is 2.32. The third-order valence-electron chi connectivity index (χ3n) is 5.34. The summed E-state index contributed by atoms with van der Waals surface area (Å²) >= 11 is 1.53. The zero-order valence-electron chi connectivity index (χ0n) is 18.1. The van der Waals surface area contributed by atoms with Gasteiger partial charge in [-0.15, -0.1) is 0 Å². The SMILES string of the molecule is Cc1ccc(-c2nc3cccnc3s2)cc1NC(=O)COc1cccc2c1OC(C)(C)C2. The van der Waals surface area contributed by atoms with E-state index in [1.165, 1.54) is 11.3 Å². The molecule has 7 heteroatoms. The molecule has 0 saturated heterocycles. The third kappa shape index (κ3) is 4.03. The molecule has 0 unspecified atom stereocenters. The van der Waals surface area contributed by atoms with Crippen LogP contribution in [0, 0.1) is 6.92 Å². The molecule has 2 aromatic heterocycles. The average molecular weight is 446 g/mol. The summed E-state index contributed by atoms with van der Waals surface area (Å²) in [6.45, 7) is 5.94. The Morgan fingerprint density at radius 2 is 2.09 bits per heavy atom. The Labute approximate surface area is 190 Å². The van der Waals surface area contributed by atoms with Gasteiger partial charge in [-0.1, -0.05) is 35.6 Å². The van der Waals surface area contributed by atoms with E-state index in [1.54, 1.807) is 6.20 Å². The summed E-state index contributed by atoms with van der Waals surface area (Å²) in [5, 5.41) is 3.83. The number of aromatic nitrogens is 2. The predicted molar refractivity (Wildman–Crippen MR) is 127 cm³/mol. The Morgan fingerprint density at radius 3 is 2.94 bits per heavy atom. The number of benzene rings is 2. The number of ether oxygens (including phenoxy) is 2. The first-order chi connectivity index (χ1) is 15.4. The van der Waals surface area contributed by atoms with Gasteiger partial charge in [0.2, 0.25) is 0 Å². The molecule has 2 aromatic carbocycles. The molecule has 1 aliphatic rings. The Morgan fingerprint density at radius 1 is 1.22 bits per heavy atom. The quantitative estimate of drug-likeness (QED) is 0.445. The highest BCUT2D eigenvalue weighted by Crippen LogP contribution is 2.41. The Kier molecular flexibility index (Phi) is 5.06. The van der Waals surface area contributed by atoms with Crippen LogP contribution in [-0.2, 0) is 11.2 Å². The van der Waals surface area contributed by atoms with E-state index >= 15 is 0 Å². The van der Waals surface area contributed by atoms with Crippen molar-refractivity contribution in [3.8, 4) is 22.1 Å². The number of pyridine rings is 1. The first kappa shape index (κ1) is 20.5. The van der Waals surface area contributed by atoms with Crippen molar-refractivity contribution in [2.75, 3.05) is 11.9 Å². The number of para-hydroxylation sites is 1. The number of aryl methyl sites for hydroxylation is 1. The van der Waals surface area contributed by atoms with Crippen molar-refractivity contribution in [2.24, 2.45) is 0 Å². The summed E-state index contributed by atoms with van der Waals surface area (Å²) in [7, 11) is 0. The largest absolute Gasteiger partial charge is 0.483 e. The van der Waals surface area contributed by atoms with Crippen molar-refractivity contribution < 1.29 is 14.3 Å². The van der Waals surface area contributed by atoms with Crippen LogP contribution in [0.25, 0.3) is 20.9 Å². The number of carbonyl (C=O) groups is 1. The van der Waals surface area contributed by atoms with Crippen molar-refractivity contribution in [3.05, 3.63) is 65.9 Å². The van der Waals surface area contributed by atoms with E-state index in [1.807, 2.05) is 69.3 Å². The van der Waals surface area contributed by atoms with Gasteiger partial charge in [-0.25, -0.2) is 9.97 Å². The van der Waals surface area contributed by atoms with Crippen LogP contribution in [0.5, 0.6) is 11.5 Å². The van der Waals surface area contributed by atoms with Crippen LogP contribution < -0.4 is 14.8 Å². The molecule has 0 fully saturated rings. The fraction of sp³-hybridized carbons (Fsp3) is 0.240. The number of hydrogen-bond acceptors (Lipinski definition) is 6. The molecule has 0 saturated carbocycles. The maximum Gasteiger partial charge on any atom is 0.262 e. The molecule has 0 spiro atoms. The molecule has 1 amide bonds. The number of amides is 1. The minimum absolute atomic E-state index is 0.102. The second kappa shape index (κ2) is 7.91. The Bertz CT molecular complexity index is 1300. The lowest BCUT2D eigenvalue weighted by atomic mass is 10.0. The number of nitrogens with one attached hydrogen (secondary N) is 1. The smallest absolute Gasteiger partial charge is 0.262 e. The lowest BCUT2D eigenvalue weighted by molar-refractivity contribution is -0.118. The van der Waals surface area contributed by atoms with Crippen LogP contribution in [-0.4, -0.2) is 28.1 Å². The number of nitrogens with zero attached hydrogens (tertiary/aromatic N) is 2. The number of anilines is 1. The van der Waals surface area contributed by atoms with Crippen LogP contribution >= 0.6 is 11.3 Å². The van der Waals surface area contributed by atoms with E-state index in [0.717, 1.165) is 49.9 Å². The number of rotatable bonds is 5. The van der Waals surface area contributed by atoms with Gasteiger partial charge in [0.1, 0.15) is 21.0 Å². The van der Waals surface area contributed by atoms with E-state index in [2.05, 4.69) is 15.3 Å². The molecule has 1 aliphatic heterocycles. The van der Waals surface area contributed by atoms with Gasteiger partial charge in [0.25, 0.3) is 5.91 Å². The summed E-state index contributed by atoms with van der Waals surface area (Å²) in [6, 6.07) is 15.5. The van der Waals surface area contributed by atoms with Gasteiger partial charge in [-0.2, -0.15) is 0 Å². The first-order valence-corrected chi connectivity index (χ1v) is 11.3. The van der Waals surface area contributed by atoms with E-state index in [4.69, 9.17) is 9.47 Å². The Hall–Kier alpha value is -3.45. The molecule has 6 nitrogen and oxygen atoms in total. The summed E-state index contributed by atoms with van der Waals surface area (Å²) in [4.78, 5) is 22.6. The van der Waals surface area contributed by atoms with E-state index in [-0.39, 0.29) is 18.1 Å². The van der Waals surface area contributed by atoms with Crippen LogP contribution in [0.2, 0.25) is 0 Å². The zero-order valence-corrected chi connectivity index (χ0v) is 19.0. The predicted octanol–water partition coefficient (Wildman–Crippen LogP) is 5.40. The highest BCUT2D eigenvalue weighted by molar-refractivity contribution is 7.21. The normalized spacial score (nSPS) is 14.1. The first-order valence-electron chi connectivity index (χ1n) is 10.4. The fourth-order valence-electron chi connectivity index (χ4n) is 3.81. The topological polar surface area (TPSA) is 73.3 Å². The monoisotopic (exact) mass is 445 g/mol. The molecule has 162 valence electrons. The van der Waals surface area contributed by atoms with Crippen molar-refractivity contribution >= 4 is 33.3 Å².